The zero-order valence-electron chi connectivity index (χ0n) is 15.4. The first-order valence-electron chi connectivity index (χ1n) is 8.93. The van der Waals surface area contributed by atoms with Gasteiger partial charge in [-0.15, -0.1) is 0 Å². The van der Waals surface area contributed by atoms with Gasteiger partial charge < -0.3 is 14.5 Å². The highest BCUT2D eigenvalue weighted by Crippen LogP contribution is 2.21. The molecule has 0 spiro atoms. The molecule has 8 nitrogen and oxygen atoms in total. The number of nitro groups is 1. The van der Waals surface area contributed by atoms with Crippen molar-refractivity contribution >= 4 is 17.3 Å². The highest BCUT2D eigenvalue weighted by Gasteiger charge is 2.26. The molecular formula is C20H20N4O4. The predicted octanol–water partition coefficient (Wildman–Crippen LogP) is 2.58. The van der Waals surface area contributed by atoms with Crippen LogP contribution < -0.4 is 9.64 Å². The van der Waals surface area contributed by atoms with Crippen LogP contribution >= 0.6 is 0 Å². The number of hydrogen-bond donors (Lipinski definition) is 0. The monoisotopic (exact) mass is 380 g/mol. The fourth-order valence-corrected chi connectivity index (χ4v) is 3.09. The topological polar surface area (TPSA) is 99.7 Å². The number of piperazine rings is 1. The van der Waals surface area contributed by atoms with Gasteiger partial charge in [0.05, 0.1) is 16.6 Å². The van der Waals surface area contributed by atoms with E-state index in [0.717, 1.165) is 5.69 Å². The van der Waals surface area contributed by atoms with E-state index in [1.807, 2.05) is 6.07 Å². The number of benzene rings is 2. The first-order valence-corrected chi connectivity index (χ1v) is 8.93. The number of carbonyl (C=O) groups excluding carboxylic acids is 1. The molecule has 1 heterocycles. The number of anilines is 1. The summed E-state index contributed by atoms with van der Waals surface area (Å²) in [6.07, 6.45) is -0.626. The second kappa shape index (κ2) is 8.39. The molecule has 1 atom stereocenters. The molecule has 28 heavy (non-hydrogen) atoms. The maximum absolute atomic E-state index is 12.6. The molecule has 0 bridgehead atoms. The normalized spacial score (nSPS) is 14.9. The third-order valence-corrected chi connectivity index (χ3v) is 4.66. The van der Waals surface area contributed by atoms with Crippen LogP contribution in [-0.4, -0.2) is 48.0 Å². The Morgan fingerprint density at radius 1 is 1.11 bits per heavy atom. The van der Waals surface area contributed by atoms with E-state index in [1.54, 1.807) is 48.2 Å². The van der Waals surface area contributed by atoms with Crippen LogP contribution in [0.1, 0.15) is 12.5 Å². The molecule has 2 aromatic rings. The van der Waals surface area contributed by atoms with Crippen LogP contribution in [0.25, 0.3) is 0 Å². The number of hydrogen-bond acceptors (Lipinski definition) is 6. The van der Waals surface area contributed by atoms with Crippen LogP contribution in [-0.2, 0) is 4.79 Å². The number of carbonyl (C=O) groups is 1. The van der Waals surface area contributed by atoms with Crippen LogP contribution in [0.3, 0.4) is 0 Å². The average Bonchev–Trinajstić information content (AvgIpc) is 2.74. The van der Waals surface area contributed by atoms with Gasteiger partial charge in [-0.1, -0.05) is 0 Å². The summed E-state index contributed by atoms with van der Waals surface area (Å²) in [7, 11) is 0. The number of ether oxygens (including phenoxy) is 1. The minimum absolute atomic E-state index is 0.0614. The SMILES string of the molecule is C[C@H](Oc1ccc(C#N)cc1)C(=O)N1CCN(c2ccc([N+](=O)[O-])cc2)CC1. The van der Waals surface area contributed by atoms with Crippen LogP contribution in [0, 0.1) is 21.4 Å². The summed E-state index contributed by atoms with van der Waals surface area (Å²) < 4.78 is 5.70. The molecular weight excluding hydrogens is 360 g/mol. The fraction of sp³-hybridized carbons (Fsp3) is 0.300. The molecule has 0 N–H and O–H groups in total. The molecule has 144 valence electrons. The largest absolute Gasteiger partial charge is 0.481 e. The Kier molecular flexibility index (Phi) is 5.75. The van der Waals surface area contributed by atoms with Gasteiger partial charge in [-0.05, 0) is 43.3 Å². The lowest BCUT2D eigenvalue weighted by molar-refractivity contribution is -0.384. The standard InChI is InChI=1S/C20H20N4O4/c1-15(28-19-8-2-16(14-21)3-9-19)20(25)23-12-10-22(11-13-23)17-4-6-18(7-5-17)24(26)27/h2-9,15H,10-13H2,1H3/t15-/m0/s1. The van der Waals surface area contributed by atoms with Gasteiger partial charge in [0, 0.05) is 44.0 Å². The maximum Gasteiger partial charge on any atom is 0.269 e. The number of non-ortho nitro benzene ring substituents is 1. The van der Waals surface area contributed by atoms with Crippen molar-refractivity contribution in [2.24, 2.45) is 0 Å². The summed E-state index contributed by atoms with van der Waals surface area (Å²) in [5, 5.41) is 19.6. The van der Waals surface area contributed by atoms with Crippen LogP contribution in [0.2, 0.25) is 0 Å². The molecule has 1 aliphatic heterocycles. The molecule has 0 unspecified atom stereocenters. The Bertz CT molecular complexity index is 882. The van der Waals surface area contributed by atoms with E-state index < -0.39 is 11.0 Å². The number of nitrogens with zero attached hydrogens (tertiary/aromatic N) is 4. The van der Waals surface area contributed by atoms with Crippen molar-refractivity contribution in [2.45, 2.75) is 13.0 Å². The minimum atomic E-state index is -0.626. The first-order chi connectivity index (χ1) is 13.5. The molecule has 1 aliphatic rings. The number of amides is 1. The summed E-state index contributed by atoms with van der Waals surface area (Å²) >= 11 is 0. The van der Waals surface area contributed by atoms with E-state index in [-0.39, 0.29) is 11.6 Å². The van der Waals surface area contributed by atoms with E-state index >= 15 is 0 Å². The lowest BCUT2D eigenvalue weighted by Crippen LogP contribution is -2.52. The highest BCUT2D eigenvalue weighted by atomic mass is 16.6. The van der Waals surface area contributed by atoms with Crippen molar-refractivity contribution in [3.8, 4) is 11.8 Å². The molecule has 8 heteroatoms. The zero-order valence-corrected chi connectivity index (χ0v) is 15.4. The second-order valence-corrected chi connectivity index (χ2v) is 6.48. The summed E-state index contributed by atoms with van der Waals surface area (Å²) in [4.78, 5) is 26.8. The van der Waals surface area contributed by atoms with Crippen molar-refractivity contribution in [3.63, 3.8) is 0 Å². The molecule has 0 saturated carbocycles. The van der Waals surface area contributed by atoms with Gasteiger partial charge in [0.2, 0.25) is 0 Å². The van der Waals surface area contributed by atoms with Crippen molar-refractivity contribution in [3.05, 3.63) is 64.2 Å². The molecule has 0 aliphatic carbocycles. The molecule has 1 amide bonds. The summed E-state index contributed by atoms with van der Waals surface area (Å²) in [5.74, 6) is 0.456. The van der Waals surface area contributed by atoms with Gasteiger partial charge in [-0.2, -0.15) is 5.26 Å². The maximum atomic E-state index is 12.6. The van der Waals surface area contributed by atoms with Crippen LogP contribution in [0.5, 0.6) is 5.75 Å². The summed E-state index contributed by atoms with van der Waals surface area (Å²) in [6.45, 7) is 4.11. The molecule has 1 saturated heterocycles. The summed E-state index contributed by atoms with van der Waals surface area (Å²) in [5.41, 5.74) is 1.50. The van der Waals surface area contributed by atoms with Crippen LogP contribution in [0.4, 0.5) is 11.4 Å². The molecule has 0 radical (unpaired) electrons. The van der Waals surface area contributed by atoms with E-state index in [0.29, 0.717) is 37.5 Å². The lowest BCUT2D eigenvalue weighted by atomic mass is 10.2. The molecule has 2 aromatic carbocycles. The van der Waals surface area contributed by atoms with E-state index in [9.17, 15) is 14.9 Å². The van der Waals surface area contributed by atoms with Gasteiger partial charge in [0.25, 0.3) is 11.6 Å². The molecule has 1 fully saturated rings. The van der Waals surface area contributed by atoms with Gasteiger partial charge in [0.15, 0.2) is 6.10 Å². The Balaban J connectivity index is 1.53. The van der Waals surface area contributed by atoms with Crippen molar-refractivity contribution < 1.29 is 14.5 Å². The number of rotatable bonds is 5. The van der Waals surface area contributed by atoms with Gasteiger partial charge in [0.1, 0.15) is 5.75 Å². The zero-order chi connectivity index (χ0) is 20.1. The van der Waals surface area contributed by atoms with E-state index in [1.165, 1.54) is 12.1 Å². The molecule has 0 aromatic heterocycles. The summed E-state index contributed by atoms with van der Waals surface area (Å²) in [6, 6.07) is 15.1. The quantitative estimate of drug-likeness (QED) is 0.584. The first kappa shape index (κ1) is 19.2. The van der Waals surface area contributed by atoms with E-state index in [2.05, 4.69) is 4.90 Å². The van der Waals surface area contributed by atoms with Crippen LogP contribution in [0.15, 0.2) is 48.5 Å². The minimum Gasteiger partial charge on any atom is -0.481 e. The number of nitro benzene ring substituents is 1. The van der Waals surface area contributed by atoms with E-state index in [4.69, 9.17) is 10.00 Å². The van der Waals surface area contributed by atoms with Crippen molar-refractivity contribution in [1.82, 2.24) is 4.90 Å². The Labute approximate surface area is 162 Å². The fourth-order valence-electron chi connectivity index (χ4n) is 3.09. The van der Waals surface area contributed by atoms with Gasteiger partial charge in [-0.25, -0.2) is 0 Å². The lowest BCUT2D eigenvalue weighted by Gasteiger charge is -2.37. The Morgan fingerprint density at radius 2 is 1.71 bits per heavy atom. The predicted molar refractivity (Wildman–Crippen MR) is 103 cm³/mol. The number of nitriles is 1. The second-order valence-electron chi connectivity index (χ2n) is 6.48. The van der Waals surface area contributed by atoms with Gasteiger partial charge >= 0.3 is 0 Å². The van der Waals surface area contributed by atoms with Crippen molar-refractivity contribution in [2.75, 3.05) is 31.1 Å². The smallest absolute Gasteiger partial charge is 0.269 e. The average molecular weight is 380 g/mol. The third kappa shape index (κ3) is 4.38. The van der Waals surface area contributed by atoms with Crippen molar-refractivity contribution in [1.29, 1.82) is 5.26 Å². The Hall–Kier alpha value is -3.60. The molecule has 3 rings (SSSR count). The third-order valence-electron chi connectivity index (χ3n) is 4.66. The Morgan fingerprint density at radius 3 is 2.25 bits per heavy atom. The highest BCUT2D eigenvalue weighted by molar-refractivity contribution is 5.81. The van der Waals surface area contributed by atoms with Gasteiger partial charge in [-0.3, -0.25) is 14.9 Å².